The summed E-state index contributed by atoms with van der Waals surface area (Å²) in [7, 11) is 0. The Morgan fingerprint density at radius 3 is 2.70 bits per heavy atom. The fraction of sp³-hybridized carbons (Fsp3) is 0.167. The molecule has 2 N–H and O–H groups in total. The highest BCUT2D eigenvalue weighted by atomic mass is 19.1. The molecule has 0 aliphatic carbocycles. The Morgan fingerprint density at radius 2 is 1.91 bits per heavy atom. The Balaban J connectivity index is 1.58. The standard InChI is InChI=1S/C18H17FN2O2/c19-17-7-6-13(8-15(17)11-22)9-20-10-16-12-23-18(21-16)14-4-2-1-3-5-14/h1-8,12,20,22H,9-11H2. The number of benzene rings is 2. The Morgan fingerprint density at radius 1 is 1.09 bits per heavy atom. The molecule has 0 radical (unpaired) electrons. The van der Waals surface area contributed by atoms with Crippen LogP contribution in [0.4, 0.5) is 4.39 Å². The van der Waals surface area contributed by atoms with Crippen LogP contribution in [0.3, 0.4) is 0 Å². The van der Waals surface area contributed by atoms with Gasteiger partial charge < -0.3 is 14.8 Å². The van der Waals surface area contributed by atoms with Crippen molar-refractivity contribution in [3.63, 3.8) is 0 Å². The van der Waals surface area contributed by atoms with Crippen LogP contribution in [0.25, 0.3) is 11.5 Å². The molecule has 0 atom stereocenters. The second-order valence-electron chi connectivity index (χ2n) is 5.20. The van der Waals surface area contributed by atoms with E-state index in [0.29, 0.717) is 24.5 Å². The molecule has 1 aromatic heterocycles. The molecular weight excluding hydrogens is 295 g/mol. The first-order valence-corrected chi connectivity index (χ1v) is 7.35. The van der Waals surface area contributed by atoms with E-state index in [9.17, 15) is 4.39 Å². The summed E-state index contributed by atoms with van der Waals surface area (Å²) in [6.45, 7) is 0.798. The van der Waals surface area contributed by atoms with Crippen molar-refractivity contribution in [2.75, 3.05) is 0 Å². The van der Waals surface area contributed by atoms with Crippen molar-refractivity contribution in [2.45, 2.75) is 19.7 Å². The normalized spacial score (nSPS) is 10.9. The third-order valence-corrected chi connectivity index (χ3v) is 3.49. The van der Waals surface area contributed by atoms with Crippen molar-refractivity contribution in [1.82, 2.24) is 10.3 Å². The SMILES string of the molecule is OCc1cc(CNCc2coc(-c3ccccc3)n2)ccc1F. The minimum Gasteiger partial charge on any atom is -0.444 e. The molecule has 1 heterocycles. The maximum absolute atomic E-state index is 13.3. The molecule has 3 rings (SSSR count). The summed E-state index contributed by atoms with van der Waals surface area (Å²) in [6.07, 6.45) is 1.62. The number of nitrogens with one attached hydrogen (secondary N) is 1. The van der Waals surface area contributed by atoms with Crippen LogP contribution in [-0.4, -0.2) is 10.1 Å². The number of aromatic nitrogens is 1. The molecule has 0 spiro atoms. The molecule has 3 aromatic rings. The Kier molecular flexibility index (Phi) is 4.80. The Labute approximate surface area is 133 Å². The average molecular weight is 312 g/mol. The molecule has 118 valence electrons. The van der Waals surface area contributed by atoms with Gasteiger partial charge in [0.05, 0.1) is 12.3 Å². The van der Waals surface area contributed by atoms with Gasteiger partial charge in [-0.1, -0.05) is 24.3 Å². The molecule has 0 fully saturated rings. The van der Waals surface area contributed by atoms with Crippen molar-refractivity contribution in [1.29, 1.82) is 0 Å². The largest absolute Gasteiger partial charge is 0.444 e. The summed E-state index contributed by atoms with van der Waals surface area (Å²) >= 11 is 0. The van der Waals surface area contributed by atoms with E-state index in [1.54, 1.807) is 18.4 Å². The summed E-state index contributed by atoms with van der Waals surface area (Å²) in [4.78, 5) is 4.43. The molecule has 0 bridgehead atoms. The smallest absolute Gasteiger partial charge is 0.226 e. The number of nitrogens with zero attached hydrogens (tertiary/aromatic N) is 1. The quantitative estimate of drug-likeness (QED) is 0.733. The molecule has 0 aliphatic heterocycles. The third kappa shape index (κ3) is 3.83. The van der Waals surface area contributed by atoms with Crippen LogP contribution in [0, 0.1) is 5.82 Å². The second-order valence-corrected chi connectivity index (χ2v) is 5.20. The van der Waals surface area contributed by atoms with E-state index in [1.807, 2.05) is 30.3 Å². The van der Waals surface area contributed by atoms with Crippen LogP contribution < -0.4 is 5.32 Å². The van der Waals surface area contributed by atoms with E-state index in [1.165, 1.54) is 6.07 Å². The van der Waals surface area contributed by atoms with E-state index in [0.717, 1.165) is 16.8 Å². The van der Waals surface area contributed by atoms with E-state index < -0.39 is 0 Å². The summed E-state index contributed by atoms with van der Waals surface area (Å²) in [5.74, 6) is 0.201. The first-order chi connectivity index (χ1) is 11.3. The van der Waals surface area contributed by atoms with Gasteiger partial charge in [-0.05, 0) is 29.8 Å². The maximum Gasteiger partial charge on any atom is 0.226 e. The van der Waals surface area contributed by atoms with E-state index in [-0.39, 0.29) is 12.4 Å². The van der Waals surface area contributed by atoms with Gasteiger partial charge in [-0.2, -0.15) is 0 Å². The van der Waals surface area contributed by atoms with Gasteiger partial charge in [0.15, 0.2) is 0 Å². The first-order valence-electron chi connectivity index (χ1n) is 7.35. The van der Waals surface area contributed by atoms with Gasteiger partial charge in [0.25, 0.3) is 0 Å². The highest BCUT2D eigenvalue weighted by Gasteiger charge is 2.06. The summed E-state index contributed by atoms with van der Waals surface area (Å²) < 4.78 is 18.8. The van der Waals surface area contributed by atoms with Gasteiger partial charge >= 0.3 is 0 Å². The predicted octanol–water partition coefficient (Wildman–Crippen LogP) is 3.26. The lowest BCUT2D eigenvalue weighted by Crippen LogP contribution is -2.13. The molecule has 23 heavy (non-hydrogen) atoms. The zero-order chi connectivity index (χ0) is 16.1. The second kappa shape index (κ2) is 7.17. The molecule has 2 aromatic carbocycles. The monoisotopic (exact) mass is 312 g/mol. The lowest BCUT2D eigenvalue weighted by atomic mass is 10.1. The number of hydrogen-bond donors (Lipinski definition) is 2. The first kappa shape index (κ1) is 15.4. The lowest BCUT2D eigenvalue weighted by Gasteiger charge is -2.05. The van der Waals surface area contributed by atoms with Gasteiger partial charge in [0.2, 0.25) is 5.89 Å². The van der Waals surface area contributed by atoms with Gasteiger partial charge in [-0.15, -0.1) is 0 Å². The Hall–Kier alpha value is -2.50. The zero-order valence-corrected chi connectivity index (χ0v) is 12.5. The number of aliphatic hydroxyl groups is 1. The summed E-state index contributed by atoms with van der Waals surface area (Å²) in [5.41, 5.74) is 2.94. The average Bonchev–Trinajstić information content (AvgIpc) is 3.06. The summed E-state index contributed by atoms with van der Waals surface area (Å²) in [6, 6.07) is 14.4. The van der Waals surface area contributed by atoms with Crippen molar-refractivity contribution in [3.8, 4) is 11.5 Å². The van der Waals surface area contributed by atoms with Crippen LogP contribution in [0.2, 0.25) is 0 Å². The molecular formula is C18H17FN2O2. The minimum atomic E-state index is -0.389. The van der Waals surface area contributed by atoms with Crippen molar-refractivity contribution in [3.05, 3.63) is 77.4 Å². The van der Waals surface area contributed by atoms with Crippen LogP contribution in [0.15, 0.2) is 59.2 Å². The van der Waals surface area contributed by atoms with Crippen molar-refractivity contribution < 1.29 is 13.9 Å². The van der Waals surface area contributed by atoms with E-state index >= 15 is 0 Å². The van der Waals surface area contributed by atoms with Gasteiger partial charge in [-0.3, -0.25) is 0 Å². The lowest BCUT2D eigenvalue weighted by molar-refractivity contribution is 0.275. The molecule has 0 amide bonds. The van der Waals surface area contributed by atoms with Crippen LogP contribution in [0.5, 0.6) is 0 Å². The minimum absolute atomic E-state index is 0.302. The number of oxazole rings is 1. The van der Waals surface area contributed by atoms with E-state index in [2.05, 4.69) is 10.3 Å². The molecule has 0 saturated carbocycles. The molecule has 4 nitrogen and oxygen atoms in total. The topological polar surface area (TPSA) is 58.3 Å². The molecule has 0 aliphatic rings. The van der Waals surface area contributed by atoms with Crippen molar-refractivity contribution >= 4 is 0 Å². The Bertz CT molecular complexity index is 772. The highest BCUT2D eigenvalue weighted by Crippen LogP contribution is 2.18. The van der Waals surface area contributed by atoms with Crippen molar-refractivity contribution in [2.24, 2.45) is 0 Å². The van der Waals surface area contributed by atoms with Crippen LogP contribution >= 0.6 is 0 Å². The highest BCUT2D eigenvalue weighted by molar-refractivity contribution is 5.52. The zero-order valence-electron chi connectivity index (χ0n) is 12.5. The third-order valence-electron chi connectivity index (χ3n) is 3.49. The number of halogens is 1. The molecule has 5 heteroatoms. The number of aliphatic hydroxyl groups excluding tert-OH is 1. The van der Waals surface area contributed by atoms with Gasteiger partial charge in [0, 0.05) is 24.2 Å². The molecule has 0 saturated heterocycles. The summed E-state index contributed by atoms with van der Waals surface area (Å²) in [5, 5.41) is 12.3. The van der Waals surface area contributed by atoms with Gasteiger partial charge in [-0.25, -0.2) is 9.37 Å². The van der Waals surface area contributed by atoms with Gasteiger partial charge in [0.1, 0.15) is 12.1 Å². The number of hydrogen-bond acceptors (Lipinski definition) is 4. The predicted molar refractivity (Wildman–Crippen MR) is 84.8 cm³/mol. The fourth-order valence-corrected chi connectivity index (χ4v) is 2.30. The van der Waals surface area contributed by atoms with E-state index in [4.69, 9.17) is 9.52 Å². The molecule has 0 unspecified atom stereocenters. The fourth-order valence-electron chi connectivity index (χ4n) is 2.30. The number of rotatable bonds is 6. The maximum atomic E-state index is 13.3. The van der Waals surface area contributed by atoms with Crippen LogP contribution in [0.1, 0.15) is 16.8 Å². The van der Waals surface area contributed by atoms with Crippen LogP contribution in [-0.2, 0) is 19.7 Å².